The highest BCUT2D eigenvalue weighted by Crippen LogP contribution is 2.27. The van der Waals surface area contributed by atoms with Crippen LogP contribution in [0.25, 0.3) is 0 Å². The van der Waals surface area contributed by atoms with Crippen LogP contribution in [0.5, 0.6) is 5.75 Å². The van der Waals surface area contributed by atoms with E-state index in [0.717, 1.165) is 6.54 Å². The molecule has 1 saturated carbocycles. The van der Waals surface area contributed by atoms with E-state index in [4.69, 9.17) is 0 Å². The lowest BCUT2D eigenvalue weighted by atomic mass is 10.1. The van der Waals surface area contributed by atoms with Crippen LogP contribution >= 0.6 is 0 Å². The van der Waals surface area contributed by atoms with Crippen molar-refractivity contribution in [1.29, 1.82) is 0 Å². The van der Waals surface area contributed by atoms with Crippen molar-refractivity contribution in [1.82, 2.24) is 10.6 Å². The summed E-state index contributed by atoms with van der Waals surface area (Å²) < 4.78 is 40.1. The number of benzene rings is 1. The van der Waals surface area contributed by atoms with Gasteiger partial charge in [-0.05, 0) is 43.4 Å². The van der Waals surface area contributed by atoms with Crippen LogP contribution in [0.15, 0.2) is 29.3 Å². The van der Waals surface area contributed by atoms with Crippen LogP contribution < -0.4 is 15.4 Å². The third-order valence-corrected chi connectivity index (χ3v) is 3.52. The molecule has 1 fully saturated rings. The first-order valence-electron chi connectivity index (χ1n) is 7.93. The summed E-state index contributed by atoms with van der Waals surface area (Å²) in [5, 5.41) is 16.4. The first kappa shape index (κ1) is 18.4. The van der Waals surface area contributed by atoms with E-state index < -0.39 is 12.5 Å². The van der Waals surface area contributed by atoms with Crippen molar-refractivity contribution in [3.63, 3.8) is 0 Å². The van der Waals surface area contributed by atoms with E-state index in [0.29, 0.717) is 24.0 Å². The number of aliphatic hydroxyl groups excluding tert-OH is 1. The van der Waals surface area contributed by atoms with Crippen LogP contribution in [-0.2, 0) is 0 Å². The molecule has 8 heteroatoms. The van der Waals surface area contributed by atoms with Crippen molar-refractivity contribution in [2.45, 2.75) is 32.2 Å². The molecule has 24 heavy (non-hydrogen) atoms. The van der Waals surface area contributed by atoms with Gasteiger partial charge in [-0.15, -0.1) is 13.2 Å². The fourth-order valence-corrected chi connectivity index (χ4v) is 2.08. The molecule has 1 aromatic carbocycles. The largest absolute Gasteiger partial charge is 0.573 e. The minimum atomic E-state index is -4.72. The predicted molar refractivity (Wildman–Crippen MR) is 84.8 cm³/mol. The van der Waals surface area contributed by atoms with E-state index in [-0.39, 0.29) is 12.3 Å². The van der Waals surface area contributed by atoms with E-state index in [1.165, 1.54) is 37.1 Å². The first-order valence-corrected chi connectivity index (χ1v) is 7.93. The number of aliphatic hydroxyl groups is 1. The summed E-state index contributed by atoms with van der Waals surface area (Å²) in [6, 6.07) is 5.14. The van der Waals surface area contributed by atoms with Gasteiger partial charge < -0.3 is 20.5 Å². The van der Waals surface area contributed by atoms with Crippen molar-refractivity contribution in [3.8, 4) is 5.75 Å². The summed E-state index contributed by atoms with van der Waals surface area (Å²) in [6.07, 6.45) is -3.18. The Hall–Kier alpha value is -1.96. The molecule has 1 atom stereocenters. The lowest BCUT2D eigenvalue weighted by Gasteiger charge is -2.14. The maximum absolute atomic E-state index is 12.1. The molecular weight excluding hydrogens is 323 g/mol. The van der Waals surface area contributed by atoms with Crippen molar-refractivity contribution in [2.75, 3.05) is 19.6 Å². The Kier molecular flexibility index (Phi) is 6.30. The van der Waals surface area contributed by atoms with Crippen molar-refractivity contribution < 1.29 is 23.0 Å². The Bertz CT molecular complexity index is 542. The molecule has 0 radical (unpaired) electrons. The predicted octanol–water partition coefficient (Wildman–Crippen LogP) is 2.58. The third-order valence-electron chi connectivity index (χ3n) is 3.52. The van der Waals surface area contributed by atoms with Crippen LogP contribution in [0.1, 0.15) is 31.4 Å². The zero-order valence-corrected chi connectivity index (χ0v) is 13.4. The molecule has 0 heterocycles. The van der Waals surface area contributed by atoms with Crippen LogP contribution in [-0.4, -0.2) is 37.1 Å². The van der Waals surface area contributed by atoms with Crippen molar-refractivity contribution in [2.24, 2.45) is 10.9 Å². The number of hydrogen-bond acceptors (Lipinski definition) is 3. The lowest BCUT2D eigenvalue weighted by Crippen LogP contribution is -2.38. The normalized spacial score (nSPS) is 16.6. The molecule has 1 aliphatic rings. The molecule has 0 aliphatic heterocycles. The summed E-state index contributed by atoms with van der Waals surface area (Å²) in [5.74, 6) is 1.00. The molecule has 1 aromatic rings. The van der Waals surface area contributed by atoms with Crippen LogP contribution in [0.3, 0.4) is 0 Å². The number of hydrogen-bond donors (Lipinski definition) is 3. The summed E-state index contributed by atoms with van der Waals surface area (Å²) in [4.78, 5) is 4.30. The van der Waals surface area contributed by atoms with Crippen molar-refractivity contribution >= 4 is 5.96 Å². The maximum atomic E-state index is 12.1. The number of guanidine groups is 1. The average Bonchev–Trinajstić information content (AvgIpc) is 3.33. The number of alkyl halides is 3. The van der Waals surface area contributed by atoms with Gasteiger partial charge in [0.15, 0.2) is 5.96 Å². The van der Waals surface area contributed by atoms with Gasteiger partial charge in [0.2, 0.25) is 0 Å². The van der Waals surface area contributed by atoms with Gasteiger partial charge >= 0.3 is 6.36 Å². The van der Waals surface area contributed by atoms with Crippen LogP contribution in [0, 0.1) is 5.92 Å². The Balaban J connectivity index is 1.89. The molecule has 134 valence electrons. The highest BCUT2D eigenvalue weighted by atomic mass is 19.4. The van der Waals surface area contributed by atoms with E-state index in [9.17, 15) is 18.3 Å². The summed E-state index contributed by atoms with van der Waals surface area (Å²) in [5.41, 5.74) is 0.478. The Labute approximate surface area is 138 Å². The monoisotopic (exact) mass is 345 g/mol. The lowest BCUT2D eigenvalue weighted by molar-refractivity contribution is -0.274. The van der Waals surface area contributed by atoms with Crippen molar-refractivity contribution in [3.05, 3.63) is 29.8 Å². The highest BCUT2D eigenvalue weighted by molar-refractivity contribution is 5.79. The van der Waals surface area contributed by atoms with E-state index in [2.05, 4.69) is 20.4 Å². The molecule has 5 nitrogen and oxygen atoms in total. The molecule has 1 unspecified atom stereocenters. The molecule has 0 bridgehead atoms. The summed E-state index contributed by atoms with van der Waals surface area (Å²) >= 11 is 0. The molecular formula is C16H22F3N3O2. The zero-order chi connectivity index (χ0) is 17.6. The van der Waals surface area contributed by atoms with Gasteiger partial charge in [0.1, 0.15) is 5.75 Å². The standard InChI is InChI=1S/C16H22F3N3O2/c1-2-20-15(21-9-11-3-4-11)22-10-14(23)12-5-7-13(8-6-12)24-16(17,18)19/h5-8,11,14,23H,2-4,9-10H2,1H3,(H2,20,21,22). The second-order valence-electron chi connectivity index (χ2n) is 5.68. The SMILES string of the molecule is CCNC(=NCC(O)c1ccc(OC(F)(F)F)cc1)NCC1CC1. The van der Waals surface area contributed by atoms with Gasteiger partial charge in [0.25, 0.3) is 0 Å². The summed E-state index contributed by atoms with van der Waals surface area (Å²) in [7, 11) is 0. The second-order valence-corrected chi connectivity index (χ2v) is 5.68. The Morgan fingerprint density at radius 1 is 1.29 bits per heavy atom. The Morgan fingerprint density at radius 3 is 2.50 bits per heavy atom. The number of ether oxygens (including phenoxy) is 1. The van der Waals surface area contributed by atoms with E-state index in [1.807, 2.05) is 6.92 Å². The van der Waals surface area contributed by atoms with Gasteiger partial charge in [-0.1, -0.05) is 12.1 Å². The molecule has 0 saturated heterocycles. The number of halogens is 3. The fourth-order valence-electron chi connectivity index (χ4n) is 2.08. The smallest absolute Gasteiger partial charge is 0.406 e. The highest BCUT2D eigenvalue weighted by Gasteiger charge is 2.31. The number of nitrogens with one attached hydrogen (secondary N) is 2. The molecule has 2 rings (SSSR count). The quantitative estimate of drug-likeness (QED) is 0.525. The zero-order valence-electron chi connectivity index (χ0n) is 13.4. The molecule has 0 amide bonds. The second kappa shape index (κ2) is 8.23. The summed E-state index contributed by atoms with van der Waals surface area (Å²) in [6.45, 7) is 3.62. The van der Waals surface area contributed by atoms with E-state index >= 15 is 0 Å². The first-order chi connectivity index (χ1) is 11.4. The number of aliphatic imine (C=N–C) groups is 1. The van der Waals surface area contributed by atoms with Gasteiger partial charge in [-0.3, -0.25) is 4.99 Å². The van der Waals surface area contributed by atoms with Gasteiger partial charge in [0, 0.05) is 13.1 Å². The maximum Gasteiger partial charge on any atom is 0.573 e. The topological polar surface area (TPSA) is 65.9 Å². The number of rotatable bonds is 7. The van der Waals surface area contributed by atoms with Gasteiger partial charge in [0.05, 0.1) is 12.6 Å². The minimum Gasteiger partial charge on any atom is -0.406 e. The molecule has 3 N–H and O–H groups in total. The minimum absolute atomic E-state index is 0.111. The molecule has 1 aliphatic carbocycles. The van der Waals surface area contributed by atoms with Gasteiger partial charge in [-0.25, -0.2) is 0 Å². The number of nitrogens with zero attached hydrogens (tertiary/aromatic N) is 1. The molecule has 0 aromatic heterocycles. The van der Waals surface area contributed by atoms with Crippen LogP contribution in [0.4, 0.5) is 13.2 Å². The van der Waals surface area contributed by atoms with Gasteiger partial charge in [-0.2, -0.15) is 0 Å². The molecule has 0 spiro atoms. The van der Waals surface area contributed by atoms with E-state index in [1.54, 1.807) is 0 Å². The average molecular weight is 345 g/mol. The Morgan fingerprint density at radius 2 is 1.96 bits per heavy atom. The fraction of sp³-hybridized carbons (Fsp3) is 0.562. The third kappa shape index (κ3) is 6.66. The van der Waals surface area contributed by atoms with Crippen LogP contribution in [0.2, 0.25) is 0 Å².